The summed E-state index contributed by atoms with van der Waals surface area (Å²) < 4.78 is 24.4. The lowest BCUT2D eigenvalue weighted by Crippen LogP contribution is -2.49. The van der Waals surface area contributed by atoms with E-state index >= 15 is 0 Å². The van der Waals surface area contributed by atoms with E-state index in [9.17, 15) is 30.0 Å². The highest BCUT2D eigenvalue weighted by Gasteiger charge is 2.52. The van der Waals surface area contributed by atoms with E-state index in [1.54, 1.807) is 37.3 Å². The van der Waals surface area contributed by atoms with Crippen molar-refractivity contribution in [1.29, 1.82) is 0 Å². The fourth-order valence-corrected chi connectivity index (χ4v) is 6.23. The van der Waals surface area contributed by atoms with Gasteiger partial charge < -0.3 is 38.7 Å². The van der Waals surface area contributed by atoms with Crippen LogP contribution in [0.25, 0.3) is 33.3 Å². The molecule has 3 heterocycles. The molecule has 218 valence electrons. The number of benzene rings is 4. The van der Waals surface area contributed by atoms with Crippen molar-refractivity contribution in [1.82, 2.24) is 0 Å². The van der Waals surface area contributed by atoms with Crippen LogP contribution < -0.4 is 9.47 Å². The number of rotatable bonds is 3. The van der Waals surface area contributed by atoms with Crippen molar-refractivity contribution < 1.29 is 48.3 Å². The molecule has 2 atom stereocenters. The second-order valence-electron chi connectivity index (χ2n) is 11.3. The first-order valence-corrected chi connectivity index (χ1v) is 13.7. The summed E-state index contributed by atoms with van der Waals surface area (Å²) in [5, 5.41) is 41.0. The summed E-state index contributed by atoms with van der Waals surface area (Å²) in [6, 6.07) is 17.9. The van der Waals surface area contributed by atoms with Gasteiger partial charge in [-0.2, -0.15) is 0 Å². The number of hydrogen-bond acceptors (Lipinski definition) is 10. The lowest BCUT2D eigenvalue weighted by Gasteiger charge is -2.41. The molecule has 2 aromatic heterocycles. The quantitative estimate of drug-likeness (QED) is 0.128. The van der Waals surface area contributed by atoms with E-state index in [1.165, 1.54) is 36.4 Å². The van der Waals surface area contributed by atoms with Gasteiger partial charge in [-0.15, -0.1) is 0 Å². The summed E-state index contributed by atoms with van der Waals surface area (Å²) in [6.07, 6.45) is 0.298. The molecule has 2 aliphatic rings. The van der Waals surface area contributed by atoms with Crippen LogP contribution in [-0.2, 0) is 0 Å². The van der Waals surface area contributed by atoms with Crippen LogP contribution in [-0.4, -0.2) is 37.8 Å². The Morgan fingerprint density at radius 3 is 2.43 bits per heavy atom. The number of phenolic OH excluding ortho intramolecular Hbond substituents is 4. The maximum atomic E-state index is 14.1. The number of fused-ring (bicyclic) bond motifs is 9. The maximum Gasteiger partial charge on any atom is 0.347 e. The third kappa shape index (κ3) is 3.74. The SMILES string of the molecule is C[C@@]12C[C@@H](c3ccc(O)cc3O1)c1oc3cc(-c4cc5ccc(O)cc5o4)cc(OC(=O)c4ccc(O)cc4O)c3c1C2=O. The highest BCUT2D eigenvalue weighted by molar-refractivity contribution is 6.16. The second-order valence-corrected chi connectivity index (χ2v) is 11.3. The molecule has 0 fully saturated rings. The molecule has 8 rings (SSSR count). The Bertz CT molecular complexity index is 2220. The van der Waals surface area contributed by atoms with Crippen LogP contribution in [0, 0.1) is 0 Å². The first-order chi connectivity index (χ1) is 21.1. The summed E-state index contributed by atoms with van der Waals surface area (Å²) in [5.74, 6) is -1.29. The van der Waals surface area contributed by atoms with Crippen molar-refractivity contribution in [3.8, 4) is 45.8 Å². The molecule has 4 aromatic carbocycles. The lowest BCUT2D eigenvalue weighted by molar-refractivity contribution is 0.0349. The van der Waals surface area contributed by atoms with Gasteiger partial charge in [0.05, 0.1) is 16.9 Å². The average Bonchev–Trinajstić information content (AvgIpc) is 3.57. The van der Waals surface area contributed by atoms with Gasteiger partial charge in [0.25, 0.3) is 0 Å². The van der Waals surface area contributed by atoms with Gasteiger partial charge in [0.1, 0.15) is 62.7 Å². The predicted octanol–water partition coefficient (Wildman–Crippen LogP) is 6.76. The zero-order valence-corrected chi connectivity index (χ0v) is 23.0. The van der Waals surface area contributed by atoms with Gasteiger partial charge in [-0.3, -0.25) is 4.79 Å². The largest absolute Gasteiger partial charge is 0.508 e. The van der Waals surface area contributed by atoms with E-state index in [0.29, 0.717) is 34.8 Å². The normalized spacial score (nSPS) is 18.6. The number of carbonyl (C=O) groups is 2. The minimum Gasteiger partial charge on any atom is -0.508 e. The summed E-state index contributed by atoms with van der Waals surface area (Å²) >= 11 is 0. The zero-order chi connectivity index (χ0) is 30.5. The molecule has 0 saturated carbocycles. The number of carbonyl (C=O) groups excluding carboxylic acids is 2. The van der Waals surface area contributed by atoms with Crippen molar-refractivity contribution >= 4 is 33.7 Å². The summed E-state index contributed by atoms with van der Waals surface area (Å²) in [5.41, 5.74) is 0.587. The molecule has 0 radical (unpaired) electrons. The third-order valence-corrected chi connectivity index (χ3v) is 8.30. The number of aromatic hydroxyl groups is 4. The predicted molar refractivity (Wildman–Crippen MR) is 156 cm³/mol. The second kappa shape index (κ2) is 8.81. The molecule has 1 aliphatic carbocycles. The van der Waals surface area contributed by atoms with Crippen LogP contribution in [0.2, 0.25) is 0 Å². The topological polar surface area (TPSA) is 160 Å². The fraction of sp³-hybridized carbons (Fsp3) is 0.118. The third-order valence-electron chi connectivity index (χ3n) is 8.30. The van der Waals surface area contributed by atoms with Crippen molar-refractivity contribution in [3.63, 3.8) is 0 Å². The number of ether oxygens (including phenoxy) is 2. The monoisotopic (exact) mass is 590 g/mol. The Hall–Kier alpha value is -5.90. The van der Waals surface area contributed by atoms with Gasteiger partial charge in [-0.05, 0) is 55.5 Å². The number of phenols is 4. The summed E-state index contributed by atoms with van der Waals surface area (Å²) in [6.45, 7) is 1.68. The standard InChI is InChI=1S/C34H22O10/c1-34-14-22(20-6-4-19(37)13-26(20)44-34)31-30(32(34)39)29-27(42-31)9-16(24-8-15-2-3-18(36)12-25(15)41-24)10-28(29)43-33(40)21-7-5-17(35)11-23(21)38/h2-13,22,35-38H,14H2,1H3/t22-,34-/m0/s1. The van der Waals surface area contributed by atoms with Crippen LogP contribution >= 0.6 is 0 Å². The molecule has 10 nitrogen and oxygen atoms in total. The van der Waals surface area contributed by atoms with Crippen LogP contribution in [0.5, 0.6) is 34.5 Å². The van der Waals surface area contributed by atoms with Gasteiger partial charge in [0.2, 0.25) is 5.78 Å². The minimum atomic E-state index is -1.29. The molecule has 1 aliphatic heterocycles. The molecule has 0 amide bonds. The molecule has 4 N–H and O–H groups in total. The molecule has 44 heavy (non-hydrogen) atoms. The molecular formula is C34H22O10. The van der Waals surface area contributed by atoms with Crippen molar-refractivity contribution in [2.45, 2.75) is 24.9 Å². The van der Waals surface area contributed by atoms with Crippen LogP contribution in [0.3, 0.4) is 0 Å². The number of furan rings is 2. The van der Waals surface area contributed by atoms with E-state index in [2.05, 4.69) is 0 Å². The molecule has 6 aromatic rings. The lowest BCUT2D eigenvalue weighted by atomic mass is 9.72. The first kappa shape index (κ1) is 25.8. The number of esters is 1. The van der Waals surface area contributed by atoms with E-state index in [1.807, 2.05) is 0 Å². The Morgan fingerprint density at radius 2 is 1.61 bits per heavy atom. The Balaban J connectivity index is 1.36. The van der Waals surface area contributed by atoms with E-state index in [-0.39, 0.29) is 50.9 Å². The molecule has 10 heteroatoms. The van der Waals surface area contributed by atoms with Gasteiger partial charge in [0.15, 0.2) is 5.60 Å². The highest BCUT2D eigenvalue weighted by Crippen LogP contribution is 2.54. The highest BCUT2D eigenvalue weighted by atomic mass is 16.5. The number of hydrogen-bond donors (Lipinski definition) is 4. The molecule has 0 saturated heterocycles. The molecule has 0 spiro atoms. The average molecular weight is 591 g/mol. The smallest absolute Gasteiger partial charge is 0.347 e. The van der Waals surface area contributed by atoms with Crippen molar-refractivity contribution in [2.24, 2.45) is 0 Å². The number of Topliss-reactive ketones (excluding diaryl/α,β-unsaturated/α-hetero) is 1. The summed E-state index contributed by atoms with van der Waals surface area (Å²) in [7, 11) is 0. The maximum absolute atomic E-state index is 14.1. The van der Waals surface area contributed by atoms with Crippen LogP contribution in [0.1, 0.15) is 51.3 Å². The van der Waals surface area contributed by atoms with Gasteiger partial charge >= 0.3 is 5.97 Å². The Kier molecular flexibility index (Phi) is 5.16. The fourth-order valence-electron chi connectivity index (χ4n) is 6.23. The van der Waals surface area contributed by atoms with Crippen molar-refractivity contribution in [3.05, 3.63) is 95.2 Å². The number of ketones is 1. The molecular weight excluding hydrogens is 568 g/mol. The van der Waals surface area contributed by atoms with E-state index in [0.717, 1.165) is 17.0 Å². The zero-order valence-electron chi connectivity index (χ0n) is 23.0. The molecule has 0 unspecified atom stereocenters. The van der Waals surface area contributed by atoms with Crippen LogP contribution in [0.4, 0.5) is 0 Å². The Morgan fingerprint density at radius 1 is 0.864 bits per heavy atom. The van der Waals surface area contributed by atoms with Gasteiger partial charge in [0, 0.05) is 41.1 Å². The first-order valence-electron chi connectivity index (χ1n) is 13.7. The minimum absolute atomic E-state index is 0.0000733. The summed E-state index contributed by atoms with van der Waals surface area (Å²) in [4.78, 5) is 27.5. The van der Waals surface area contributed by atoms with E-state index in [4.69, 9.17) is 18.3 Å². The van der Waals surface area contributed by atoms with Crippen molar-refractivity contribution in [2.75, 3.05) is 0 Å². The van der Waals surface area contributed by atoms with Gasteiger partial charge in [-0.25, -0.2) is 4.79 Å². The van der Waals surface area contributed by atoms with E-state index < -0.39 is 23.2 Å². The van der Waals surface area contributed by atoms with Gasteiger partial charge in [-0.1, -0.05) is 6.07 Å². The van der Waals surface area contributed by atoms with Crippen LogP contribution in [0.15, 0.2) is 81.6 Å². The molecule has 2 bridgehead atoms. The Labute approximate surface area is 247 Å².